The Labute approximate surface area is 203 Å². The van der Waals surface area contributed by atoms with E-state index in [1.165, 1.54) is 23.4 Å². The first-order chi connectivity index (χ1) is 16.5. The van der Waals surface area contributed by atoms with Gasteiger partial charge < -0.3 is 15.4 Å². The monoisotopic (exact) mass is 477 g/mol. The second-order valence-corrected chi connectivity index (χ2v) is 9.55. The number of nitrogens with zero attached hydrogens (tertiary/aromatic N) is 1. The van der Waals surface area contributed by atoms with Crippen LogP contribution in [0.5, 0.6) is 0 Å². The van der Waals surface area contributed by atoms with E-state index in [4.69, 9.17) is 0 Å². The van der Waals surface area contributed by atoms with E-state index in [-0.39, 0.29) is 18.2 Å². The standard InChI is InChI=1S/C27H32N3O3P/c1-33-25(31)19-28-26(32)27(29-22-11-3-2-4-12-22)14-16-30(17-15-27)24(34)18-21-10-7-9-20-8-5-6-13-23(20)21/h2-13,24,29H,14-19,34H2,1H3,(H,28,32). The number of ether oxygens (including phenoxy) is 1. The summed E-state index contributed by atoms with van der Waals surface area (Å²) in [6.45, 7) is 1.40. The molecule has 2 N–H and O–H groups in total. The number of benzene rings is 3. The van der Waals surface area contributed by atoms with Gasteiger partial charge in [0.05, 0.1) is 7.11 Å². The number of nitrogens with one attached hydrogen (secondary N) is 2. The van der Waals surface area contributed by atoms with Gasteiger partial charge in [0.1, 0.15) is 12.1 Å². The summed E-state index contributed by atoms with van der Waals surface area (Å²) in [5.74, 6) is -0.366. The van der Waals surface area contributed by atoms with Crippen molar-refractivity contribution >= 4 is 37.6 Å². The number of para-hydroxylation sites is 1. The summed E-state index contributed by atoms with van der Waals surface area (Å²) in [4.78, 5) is 27.3. The molecule has 1 fully saturated rings. The molecule has 1 aliphatic rings. The van der Waals surface area contributed by atoms with Crippen molar-refractivity contribution in [2.24, 2.45) is 0 Å². The molecular weight excluding hydrogens is 445 g/mol. The van der Waals surface area contributed by atoms with Crippen LogP contribution in [0.2, 0.25) is 0 Å². The second kappa shape index (κ2) is 11.0. The molecular formula is C27H32N3O3P. The average Bonchev–Trinajstić information content (AvgIpc) is 2.88. The number of rotatable bonds is 8. The van der Waals surface area contributed by atoms with Crippen molar-refractivity contribution in [3.05, 3.63) is 78.4 Å². The molecule has 1 heterocycles. The predicted octanol–water partition coefficient (Wildman–Crippen LogP) is 3.82. The van der Waals surface area contributed by atoms with Gasteiger partial charge in [-0.15, -0.1) is 9.24 Å². The Bertz CT molecular complexity index is 1120. The van der Waals surface area contributed by atoms with Crippen LogP contribution in [0.1, 0.15) is 18.4 Å². The minimum absolute atomic E-state index is 0.134. The number of hydrogen-bond acceptors (Lipinski definition) is 5. The maximum atomic E-state index is 13.3. The highest BCUT2D eigenvalue weighted by Crippen LogP contribution is 2.31. The molecule has 1 aliphatic heterocycles. The predicted molar refractivity (Wildman–Crippen MR) is 140 cm³/mol. The quantitative estimate of drug-likeness (QED) is 0.381. The van der Waals surface area contributed by atoms with E-state index in [0.717, 1.165) is 25.2 Å². The first-order valence-electron chi connectivity index (χ1n) is 11.7. The number of anilines is 1. The number of esters is 1. The molecule has 178 valence electrons. The number of carbonyl (C=O) groups excluding carboxylic acids is 2. The lowest BCUT2D eigenvalue weighted by molar-refractivity contribution is -0.141. The van der Waals surface area contributed by atoms with E-state index in [1.54, 1.807) is 0 Å². The van der Waals surface area contributed by atoms with Crippen LogP contribution >= 0.6 is 9.24 Å². The van der Waals surface area contributed by atoms with Crippen molar-refractivity contribution < 1.29 is 14.3 Å². The van der Waals surface area contributed by atoms with Gasteiger partial charge in [-0.2, -0.15) is 0 Å². The first-order valence-corrected chi connectivity index (χ1v) is 12.3. The van der Waals surface area contributed by atoms with Gasteiger partial charge in [-0.05, 0) is 47.7 Å². The van der Waals surface area contributed by atoms with E-state index in [1.807, 2.05) is 30.3 Å². The smallest absolute Gasteiger partial charge is 0.325 e. The molecule has 1 amide bonds. The van der Waals surface area contributed by atoms with Crippen LogP contribution in [0.15, 0.2) is 72.8 Å². The van der Waals surface area contributed by atoms with E-state index < -0.39 is 11.5 Å². The summed E-state index contributed by atoms with van der Waals surface area (Å²) in [6.07, 6.45) is 2.18. The van der Waals surface area contributed by atoms with Crippen LogP contribution in [0.3, 0.4) is 0 Å². The summed E-state index contributed by atoms with van der Waals surface area (Å²) in [5, 5.41) is 8.78. The molecule has 7 heteroatoms. The molecule has 0 saturated carbocycles. The van der Waals surface area contributed by atoms with E-state index in [9.17, 15) is 9.59 Å². The Morgan fingerprint density at radius 2 is 1.68 bits per heavy atom. The summed E-state index contributed by atoms with van der Waals surface area (Å²) in [7, 11) is 4.31. The summed E-state index contributed by atoms with van der Waals surface area (Å²) in [5.41, 5.74) is 1.44. The molecule has 2 atom stereocenters. The van der Waals surface area contributed by atoms with Gasteiger partial charge in [0.25, 0.3) is 0 Å². The van der Waals surface area contributed by atoms with Crippen molar-refractivity contribution in [3.8, 4) is 0 Å². The maximum absolute atomic E-state index is 13.3. The lowest BCUT2D eigenvalue weighted by Gasteiger charge is -2.43. The lowest BCUT2D eigenvalue weighted by atomic mass is 9.85. The van der Waals surface area contributed by atoms with Crippen LogP contribution in [0.25, 0.3) is 10.8 Å². The molecule has 0 bridgehead atoms. The molecule has 0 spiro atoms. The van der Waals surface area contributed by atoms with Gasteiger partial charge in [-0.25, -0.2) is 0 Å². The molecule has 4 rings (SSSR count). The van der Waals surface area contributed by atoms with E-state index in [2.05, 4.69) is 72.0 Å². The Balaban J connectivity index is 1.46. The van der Waals surface area contributed by atoms with Gasteiger partial charge in [-0.1, -0.05) is 60.7 Å². The van der Waals surface area contributed by atoms with Crippen LogP contribution < -0.4 is 10.6 Å². The highest BCUT2D eigenvalue weighted by molar-refractivity contribution is 7.17. The molecule has 1 saturated heterocycles. The molecule has 34 heavy (non-hydrogen) atoms. The van der Waals surface area contributed by atoms with Crippen molar-refractivity contribution in [1.82, 2.24) is 10.2 Å². The number of fused-ring (bicyclic) bond motifs is 1. The Hall–Kier alpha value is -2.95. The molecule has 6 nitrogen and oxygen atoms in total. The highest BCUT2D eigenvalue weighted by atomic mass is 31.0. The fourth-order valence-corrected chi connectivity index (χ4v) is 5.21. The topological polar surface area (TPSA) is 70.7 Å². The normalized spacial score (nSPS) is 16.5. The number of hydrogen-bond donors (Lipinski definition) is 2. The van der Waals surface area contributed by atoms with E-state index in [0.29, 0.717) is 12.8 Å². The minimum Gasteiger partial charge on any atom is -0.468 e. The summed E-state index contributed by atoms with van der Waals surface area (Å²) >= 11 is 0. The Kier molecular flexibility index (Phi) is 7.81. The highest BCUT2D eigenvalue weighted by Gasteiger charge is 2.42. The zero-order chi connectivity index (χ0) is 24.0. The Morgan fingerprint density at radius 3 is 2.41 bits per heavy atom. The number of carbonyl (C=O) groups is 2. The minimum atomic E-state index is -0.782. The van der Waals surface area contributed by atoms with Crippen molar-refractivity contribution in [2.75, 3.05) is 32.1 Å². The molecule has 3 aromatic rings. The third-order valence-electron chi connectivity index (χ3n) is 6.64. The molecule has 3 aromatic carbocycles. The third-order valence-corrected chi connectivity index (χ3v) is 7.30. The number of likely N-dealkylation sites (tertiary alicyclic amines) is 1. The molecule has 0 aromatic heterocycles. The van der Waals surface area contributed by atoms with Crippen molar-refractivity contribution in [1.29, 1.82) is 0 Å². The fourth-order valence-electron chi connectivity index (χ4n) is 4.66. The zero-order valence-electron chi connectivity index (χ0n) is 19.5. The average molecular weight is 478 g/mol. The Morgan fingerprint density at radius 1 is 1.00 bits per heavy atom. The zero-order valence-corrected chi connectivity index (χ0v) is 20.7. The van der Waals surface area contributed by atoms with Crippen LogP contribution in [-0.2, 0) is 20.7 Å². The number of methoxy groups -OCH3 is 1. The summed E-state index contributed by atoms with van der Waals surface area (Å²) in [6, 6.07) is 24.7. The van der Waals surface area contributed by atoms with Gasteiger partial charge in [-0.3, -0.25) is 14.5 Å². The van der Waals surface area contributed by atoms with Gasteiger partial charge >= 0.3 is 5.97 Å². The second-order valence-electron chi connectivity index (χ2n) is 8.78. The molecule has 0 aliphatic carbocycles. The molecule has 2 unspecified atom stereocenters. The van der Waals surface area contributed by atoms with Crippen LogP contribution in [-0.4, -0.2) is 54.8 Å². The summed E-state index contributed by atoms with van der Waals surface area (Å²) < 4.78 is 4.69. The number of amides is 1. The van der Waals surface area contributed by atoms with Crippen LogP contribution in [0.4, 0.5) is 5.69 Å². The van der Waals surface area contributed by atoms with Gasteiger partial charge in [0.15, 0.2) is 0 Å². The number of piperidine rings is 1. The third kappa shape index (κ3) is 5.57. The SMILES string of the molecule is COC(=O)CNC(=O)C1(Nc2ccccc2)CCN(C(P)Cc2cccc3ccccc23)CC1. The first kappa shape index (κ1) is 24.2. The van der Waals surface area contributed by atoms with Crippen LogP contribution in [0, 0.1) is 0 Å². The fraction of sp³-hybridized carbons (Fsp3) is 0.333. The lowest BCUT2D eigenvalue weighted by Crippen LogP contribution is -2.59. The largest absolute Gasteiger partial charge is 0.468 e. The van der Waals surface area contributed by atoms with Crippen molar-refractivity contribution in [2.45, 2.75) is 30.6 Å². The van der Waals surface area contributed by atoms with Gasteiger partial charge in [0, 0.05) is 24.6 Å². The van der Waals surface area contributed by atoms with Crippen molar-refractivity contribution in [3.63, 3.8) is 0 Å². The maximum Gasteiger partial charge on any atom is 0.325 e. The molecule has 0 radical (unpaired) electrons. The van der Waals surface area contributed by atoms with Gasteiger partial charge in [0.2, 0.25) is 5.91 Å². The van der Waals surface area contributed by atoms with E-state index >= 15 is 0 Å².